The molecule has 0 aromatic rings. The van der Waals surface area contributed by atoms with E-state index < -0.39 is 0 Å². The van der Waals surface area contributed by atoms with Crippen LogP contribution in [0.5, 0.6) is 0 Å². The highest BCUT2D eigenvalue weighted by atomic mass is 16.7. The van der Waals surface area contributed by atoms with E-state index in [1.165, 1.54) is 44.9 Å². The molecule has 0 aliphatic heterocycles. The first-order valence-electron chi connectivity index (χ1n) is 12.4. The molecule has 5 rings (SSSR count). The summed E-state index contributed by atoms with van der Waals surface area (Å²) in [6.07, 6.45) is 12.6. The highest BCUT2D eigenvalue weighted by molar-refractivity contribution is 5.73. The van der Waals surface area contributed by atoms with Crippen LogP contribution in [-0.4, -0.2) is 18.4 Å². The molecule has 0 aromatic heterocycles. The van der Waals surface area contributed by atoms with Gasteiger partial charge in [0, 0.05) is 0 Å². The average molecular weight is 389 g/mol. The molecule has 5 fully saturated rings. The summed E-state index contributed by atoms with van der Waals surface area (Å²) in [6, 6.07) is 0. The highest BCUT2D eigenvalue weighted by Crippen LogP contribution is 2.70. The summed E-state index contributed by atoms with van der Waals surface area (Å²) < 4.78 is 12.3. The molecule has 0 amide bonds. The first-order valence-corrected chi connectivity index (χ1v) is 12.4. The van der Waals surface area contributed by atoms with Gasteiger partial charge in [-0.3, -0.25) is 4.79 Å². The molecule has 3 heteroatoms. The fourth-order valence-electron chi connectivity index (χ4n) is 9.00. The summed E-state index contributed by atoms with van der Waals surface area (Å²) in [4.78, 5) is 12.8. The van der Waals surface area contributed by atoms with E-state index in [1.807, 2.05) is 0 Å². The molecule has 0 heterocycles. The monoisotopic (exact) mass is 388 g/mol. The summed E-state index contributed by atoms with van der Waals surface area (Å²) in [6.45, 7) is 6.94. The fraction of sp³-hybridized carbons (Fsp3) is 0.960. The van der Waals surface area contributed by atoms with E-state index in [0.29, 0.717) is 11.8 Å². The van der Waals surface area contributed by atoms with Crippen LogP contribution in [0.25, 0.3) is 0 Å². The van der Waals surface area contributed by atoms with Gasteiger partial charge in [-0.15, -0.1) is 0 Å². The number of carbonyl (C=O) groups excluding carboxylic acids is 1. The first-order chi connectivity index (χ1) is 13.6. The standard InChI is InChI=1S/C25H40O3/c1-4-15-9-16(5-2)20(10-15)24(26)27-14-28-25(6-3)13-19-12-21(25)23-18-8-7-17(11-18)22(19)23/h15-23H,4-14H2,1-3H3. The second kappa shape index (κ2) is 7.29. The zero-order chi connectivity index (χ0) is 19.5. The van der Waals surface area contributed by atoms with E-state index in [0.717, 1.165) is 54.8 Å². The van der Waals surface area contributed by atoms with E-state index in [2.05, 4.69) is 20.8 Å². The summed E-state index contributed by atoms with van der Waals surface area (Å²) in [5.74, 6) is 6.84. The van der Waals surface area contributed by atoms with Gasteiger partial charge in [0.2, 0.25) is 0 Å². The van der Waals surface area contributed by atoms with Gasteiger partial charge in [0.1, 0.15) is 0 Å². The summed E-state index contributed by atoms with van der Waals surface area (Å²) in [5.41, 5.74) is -0.0115. The van der Waals surface area contributed by atoms with E-state index in [-0.39, 0.29) is 24.3 Å². The zero-order valence-electron chi connectivity index (χ0n) is 18.2. The molecule has 0 radical (unpaired) electrons. The minimum absolute atomic E-state index is 0.00927. The Morgan fingerprint density at radius 2 is 1.71 bits per heavy atom. The van der Waals surface area contributed by atoms with Crippen molar-refractivity contribution in [2.75, 3.05) is 6.79 Å². The number of ether oxygens (including phenoxy) is 2. The maximum atomic E-state index is 12.8. The third kappa shape index (κ3) is 2.81. The third-order valence-electron chi connectivity index (χ3n) is 10.2. The molecule has 5 saturated carbocycles. The van der Waals surface area contributed by atoms with Gasteiger partial charge in [-0.2, -0.15) is 0 Å². The van der Waals surface area contributed by atoms with Crippen molar-refractivity contribution < 1.29 is 14.3 Å². The van der Waals surface area contributed by atoms with Crippen molar-refractivity contribution in [1.82, 2.24) is 0 Å². The van der Waals surface area contributed by atoms with Crippen molar-refractivity contribution in [2.45, 2.75) is 90.6 Å². The maximum Gasteiger partial charge on any atom is 0.311 e. The summed E-state index contributed by atoms with van der Waals surface area (Å²) in [7, 11) is 0. The van der Waals surface area contributed by atoms with Crippen LogP contribution in [-0.2, 0) is 14.3 Å². The summed E-state index contributed by atoms with van der Waals surface area (Å²) in [5, 5.41) is 0. The topological polar surface area (TPSA) is 35.5 Å². The van der Waals surface area contributed by atoms with Gasteiger partial charge in [-0.25, -0.2) is 0 Å². The molecule has 10 atom stereocenters. The maximum absolute atomic E-state index is 12.8. The molecule has 0 N–H and O–H groups in total. The fourth-order valence-corrected chi connectivity index (χ4v) is 9.00. The summed E-state index contributed by atoms with van der Waals surface area (Å²) >= 11 is 0. The van der Waals surface area contributed by atoms with Gasteiger partial charge in [-0.1, -0.05) is 33.6 Å². The first kappa shape index (κ1) is 19.4. The Kier molecular flexibility index (Phi) is 5.05. The smallest absolute Gasteiger partial charge is 0.311 e. The molecule has 0 aromatic carbocycles. The molecule has 28 heavy (non-hydrogen) atoms. The largest absolute Gasteiger partial charge is 0.438 e. The Morgan fingerprint density at radius 1 is 0.929 bits per heavy atom. The average Bonchev–Trinajstić information content (AvgIpc) is 3.51. The van der Waals surface area contributed by atoms with Crippen LogP contribution in [0.1, 0.15) is 85.0 Å². The predicted molar refractivity (Wildman–Crippen MR) is 109 cm³/mol. The Balaban J connectivity index is 1.19. The van der Waals surface area contributed by atoms with Gasteiger partial charge < -0.3 is 9.47 Å². The van der Waals surface area contributed by atoms with Crippen LogP contribution in [0, 0.1) is 53.3 Å². The second-order valence-electron chi connectivity index (χ2n) is 11.0. The molecule has 4 bridgehead atoms. The highest BCUT2D eigenvalue weighted by Gasteiger charge is 2.67. The molecule has 10 unspecified atom stereocenters. The van der Waals surface area contributed by atoms with Crippen LogP contribution in [0.2, 0.25) is 0 Å². The second-order valence-corrected chi connectivity index (χ2v) is 11.0. The number of fused-ring (bicyclic) bond motifs is 9. The van der Waals surface area contributed by atoms with Crippen molar-refractivity contribution in [2.24, 2.45) is 53.3 Å². The van der Waals surface area contributed by atoms with Crippen molar-refractivity contribution in [3.8, 4) is 0 Å². The quantitative estimate of drug-likeness (QED) is 0.313. The van der Waals surface area contributed by atoms with E-state index in [4.69, 9.17) is 9.47 Å². The molecule has 5 aliphatic carbocycles. The third-order valence-corrected chi connectivity index (χ3v) is 10.2. The van der Waals surface area contributed by atoms with Crippen molar-refractivity contribution in [1.29, 1.82) is 0 Å². The molecular weight excluding hydrogens is 348 g/mol. The Morgan fingerprint density at radius 3 is 2.43 bits per heavy atom. The van der Waals surface area contributed by atoms with Crippen LogP contribution in [0.3, 0.4) is 0 Å². The molecular formula is C25H40O3. The van der Waals surface area contributed by atoms with Crippen molar-refractivity contribution in [3.63, 3.8) is 0 Å². The predicted octanol–water partition coefficient (Wildman–Crippen LogP) is 5.82. The number of esters is 1. The zero-order valence-corrected chi connectivity index (χ0v) is 18.2. The van der Waals surface area contributed by atoms with E-state index in [9.17, 15) is 4.79 Å². The lowest BCUT2D eigenvalue weighted by molar-refractivity contribution is -0.195. The van der Waals surface area contributed by atoms with Crippen LogP contribution in [0.15, 0.2) is 0 Å². The van der Waals surface area contributed by atoms with Gasteiger partial charge >= 0.3 is 5.97 Å². The molecule has 3 nitrogen and oxygen atoms in total. The van der Waals surface area contributed by atoms with Gasteiger partial charge in [0.15, 0.2) is 6.79 Å². The van der Waals surface area contributed by atoms with Gasteiger partial charge in [-0.05, 0) is 98.7 Å². The van der Waals surface area contributed by atoms with Crippen molar-refractivity contribution in [3.05, 3.63) is 0 Å². The number of rotatable bonds is 7. The lowest BCUT2D eigenvalue weighted by Crippen LogP contribution is -2.47. The molecule has 0 spiro atoms. The van der Waals surface area contributed by atoms with Gasteiger partial charge in [0.25, 0.3) is 0 Å². The van der Waals surface area contributed by atoms with Crippen molar-refractivity contribution >= 4 is 5.97 Å². The van der Waals surface area contributed by atoms with Crippen LogP contribution >= 0.6 is 0 Å². The lowest BCUT2D eigenvalue weighted by atomic mass is 9.65. The molecule has 158 valence electrons. The Labute approximate surface area is 171 Å². The number of carbonyl (C=O) groups is 1. The van der Waals surface area contributed by atoms with Crippen LogP contribution in [0.4, 0.5) is 0 Å². The minimum Gasteiger partial charge on any atom is -0.438 e. The number of hydrogen-bond acceptors (Lipinski definition) is 3. The lowest BCUT2D eigenvalue weighted by Gasteiger charge is -2.45. The normalized spacial score (nSPS) is 51.0. The molecule has 5 aliphatic rings. The molecule has 0 saturated heterocycles. The van der Waals surface area contributed by atoms with Gasteiger partial charge in [0.05, 0.1) is 11.5 Å². The SMILES string of the molecule is CCC1CC(CC)C(C(=O)OCOC2(CC)CC3CC2C2C4CCC(C4)C32)C1. The Bertz CT molecular complexity index is 603. The van der Waals surface area contributed by atoms with E-state index >= 15 is 0 Å². The minimum atomic E-state index is -0.0115. The Hall–Kier alpha value is -0.570. The number of hydrogen-bond donors (Lipinski definition) is 0. The van der Waals surface area contributed by atoms with Crippen LogP contribution < -0.4 is 0 Å². The van der Waals surface area contributed by atoms with E-state index in [1.54, 1.807) is 0 Å².